The lowest BCUT2D eigenvalue weighted by molar-refractivity contribution is 0.102. The standard InChI is InChI=1S/C13H9F3N2O/c1-7-2-9(6-17-5-7)18-13(19)8-3-10(14)12(16)11(15)4-8/h2-6H,1H3,(H,18,19). The van der Waals surface area contributed by atoms with Crippen LogP contribution in [0.2, 0.25) is 0 Å². The fraction of sp³-hybridized carbons (Fsp3) is 0.0769. The molecular formula is C13H9F3N2O. The molecule has 0 radical (unpaired) electrons. The summed E-state index contributed by atoms with van der Waals surface area (Å²) in [4.78, 5) is 15.6. The van der Waals surface area contributed by atoms with Crippen LogP contribution in [0.4, 0.5) is 18.9 Å². The third-order valence-corrected chi connectivity index (χ3v) is 2.38. The van der Waals surface area contributed by atoms with Crippen LogP contribution < -0.4 is 5.32 Å². The number of benzene rings is 1. The number of pyridine rings is 1. The van der Waals surface area contributed by atoms with Crippen molar-refractivity contribution in [1.29, 1.82) is 0 Å². The van der Waals surface area contributed by atoms with Gasteiger partial charge in [-0.3, -0.25) is 9.78 Å². The number of nitrogens with zero attached hydrogens (tertiary/aromatic N) is 1. The summed E-state index contributed by atoms with van der Waals surface area (Å²) in [6, 6.07) is 2.91. The van der Waals surface area contributed by atoms with Crippen LogP contribution >= 0.6 is 0 Å². The van der Waals surface area contributed by atoms with Gasteiger partial charge in [-0.25, -0.2) is 13.2 Å². The Balaban J connectivity index is 2.25. The van der Waals surface area contributed by atoms with Gasteiger partial charge in [0.1, 0.15) is 0 Å². The molecule has 0 aliphatic rings. The Kier molecular flexibility index (Phi) is 3.50. The Morgan fingerprint density at radius 1 is 1.11 bits per heavy atom. The average molecular weight is 266 g/mol. The summed E-state index contributed by atoms with van der Waals surface area (Å²) in [5.41, 5.74) is 0.891. The highest BCUT2D eigenvalue weighted by Gasteiger charge is 2.15. The van der Waals surface area contributed by atoms with Crippen molar-refractivity contribution in [3.8, 4) is 0 Å². The van der Waals surface area contributed by atoms with E-state index in [1.54, 1.807) is 19.2 Å². The number of nitrogens with one attached hydrogen (secondary N) is 1. The van der Waals surface area contributed by atoms with Crippen LogP contribution in [-0.4, -0.2) is 10.9 Å². The van der Waals surface area contributed by atoms with Crippen LogP contribution in [0.15, 0.2) is 30.6 Å². The van der Waals surface area contributed by atoms with Gasteiger partial charge in [0, 0.05) is 11.8 Å². The molecule has 1 heterocycles. The van der Waals surface area contributed by atoms with Gasteiger partial charge in [-0.15, -0.1) is 0 Å². The first kappa shape index (κ1) is 13.1. The SMILES string of the molecule is Cc1cncc(NC(=O)c2cc(F)c(F)c(F)c2)c1. The number of anilines is 1. The number of carbonyl (C=O) groups excluding carboxylic acids is 1. The quantitative estimate of drug-likeness (QED) is 0.849. The number of halogens is 3. The average Bonchev–Trinajstić information content (AvgIpc) is 2.35. The number of hydrogen-bond donors (Lipinski definition) is 1. The normalized spacial score (nSPS) is 10.3. The van der Waals surface area contributed by atoms with E-state index < -0.39 is 23.4 Å². The minimum Gasteiger partial charge on any atom is -0.321 e. The first-order valence-corrected chi connectivity index (χ1v) is 5.35. The molecule has 0 saturated heterocycles. The summed E-state index contributed by atoms with van der Waals surface area (Å²) in [7, 11) is 0. The van der Waals surface area contributed by atoms with Crippen LogP contribution in [0, 0.1) is 24.4 Å². The van der Waals surface area contributed by atoms with Gasteiger partial charge in [0.25, 0.3) is 5.91 Å². The van der Waals surface area contributed by atoms with E-state index in [1.165, 1.54) is 6.20 Å². The zero-order valence-corrected chi connectivity index (χ0v) is 9.88. The van der Waals surface area contributed by atoms with Crippen LogP contribution in [0.1, 0.15) is 15.9 Å². The zero-order chi connectivity index (χ0) is 14.0. The highest BCUT2D eigenvalue weighted by molar-refractivity contribution is 6.04. The van der Waals surface area contributed by atoms with Gasteiger partial charge in [0.05, 0.1) is 11.9 Å². The first-order chi connectivity index (χ1) is 8.97. The molecule has 0 saturated carbocycles. The van der Waals surface area contributed by atoms with E-state index in [4.69, 9.17) is 0 Å². The molecule has 0 bridgehead atoms. The molecule has 0 spiro atoms. The van der Waals surface area contributed by atoms with Gasteiger partial charge in [0.15, 0.2) is 17.5 Å². The third kappa shape index (κ3) is 2.90. The number of carbonyl (C=O) groups is 1. The molecule has 0 atom stereocenters. The molecule has 2 rings (SSSR count). The Hall–Kier alpha value is -2.37. The van der Waals surface area contributed by atoms with Gasteiger partial charge in [0.2, 0.25) is 0 Å². The molecular weight excluding hydrogens is 257 g/mol. The molecule has 0 unspecified atom stereocenters. The number of hydrogen-bond acceptors (Lipinski definition) is 2. The van der Waals surface area contributed by atoms with Crippen molar-refractivity contribution in [1.82, 2.24) is 4.98 Å². The maximum Gasteiger partial charge on any atom is 0.255 e. The molecule has 1 aromatic carbocycles. The largest absolute Gasteiger partial charge is 0.321 e. The highest BCUT2D eigenvalue weighted by atomic mass is 19.2. The van der Waals surface area contributed by atoms with Crippen LogP contribution in [-0.2, 0) is 0 Å². The number of amides is 1. The summed E-state index contributed by atoms with van der Waals surface area (Å²) in [5, 5.41) is 2.42. The Labute approximate surface area is 107 Å². The molecule has 19 heavy (non-hydrogen) atoms. The van der Waals surface area contributed by atoms with Crippen molar-refractivity contribution >= 4 is 11.6 Å². The Bertz CT molecular complexity index is 621. The molecule has 0 fully saturated rings. The van der Waals surface area contributed by atoms with E-state index in [-0.39, 0.29) is 5.56 Å². The second-order valence-corrected chi connectivity index (χ2v) is 3.96. The minimum atomic E-state index is -1.60. The topological polar surface area (TPSA) is 42.0 Å². The van der Waals surface area contributed by atoms with Crippen molar-refractivity contribution < 1.29 is 18.0 Å². The number of rotatable bonds is 2. The summed E-state index contributed by atoms with van der Waals surface area (Å²) >= 11 is 0. The van der Waals surface area contributed by atoms with Crippen molar-refractivity contribution in [2.24, 2.45) is 0 Å². The van der Waals surface area contributed by atoms with E-state index in [1.807, 2.05) is 0 Å². The maximum atomic E-state index is 13.0. The molecule has 0 aliphatic carbocycles. The van der Waals surface area contributed by atoms with Crippen molar-refractivity contribution in [2.75, 3.05) is 5.32 Å². The summed E-state index contributed by atoms with van der Waals surface area (Å²) < 4.78 is 38.8. The molecule has 3 nitrogen and oxygen atoms in total. The Morgan fingerprint density at radius 2 is 1.74 bits per heavy atom. The van der Waals surface area contributed by atoms with Gasteiger partial charge >= 0.3 is 0 Å². The fourth-order valence-electron chi connectivity index (χ4n) is 1.51. The minimum absolute atomic E-state index is 0.307. The van der Waals surface area contributed by atoms with Crippen molar-refractivity contribution in [3.63, 3.8) is 0 Å². The van der Waals surface area contributed by atoms with E-state index in [0.29, 0.717) is 17.8 Å². The summed E-state index contributed by atoms with van der Waals surface area (Å²) in [6.07, 6.45) is 2.98. The predicted molar refractivity (Wildman–Crippen MR) is 63.2 cm³/mol. The Morgan fingerprint density at radius 3 is 2.32 bits per heavy atom. The second-order valence-electron chi connectivity index (χ2n) is 3.96. The fourth-order valence-corrected chi connectivity index (χ4v) is 1.51. The van der Waals surface area contributed by atoms with Crippen molar-refractivity contribution in [2.45, 2.75) is 6.92 Å². The second kappa shape index (κ2) is 5.09. The zero-order valence-electron chi connectivity index (χ0n) is 9.88. The first-order valence-electron chi connectivity index (χ1n) is 5.35. The van der Waals surface area contributed by atoms with Crippen LogP contribution in [0.25, 0.3) is 0 Å². The summed E-state index contributed by atoms with van der Waals surface area (Å²) in [6.45, 7) is 1.78. The number of aromatic nitrogens is 1. The molecule has 2 aromatic rings. The summed E-state index contributed by atoms with van der Waals surface area (Å²) in [5.74, 6) is -5.17. The van der Waals surface area contributed by atoms with Gasteiger partial charge in [-0.05, 0) is 30.7 Å². The maximum absolute atomic E-state index is 13.0. The van der Waals surface area contributed by atoms with E-state index in [9.17, 15) is 18.0 Å². The van der Waals surface area contributed by atoms with Gasteiger partial charge in [-0.2, -0.15) is 0 Å². The number of aryl methyl sites for hydroxylation is 1. The molecule has 98 valence electrons. The molecule has 1 aromatic heterocycles. The monoisotopic (exact) mass is 266 g/mol. The van der Waals surface area contributed by atoms with Crippen LogP contribution in [0.3, 0.4) is 0 Å². The smallest absolute Gasteiger partial charge is 0.255 e. The van der Waals surface area contributed by atoms with E-state index in [2.05, 4.69) is 10.3 Å². The van der Waals surface area contributed by atoms with Gasteiger partial charge < -0.3 is 5.32 Å². The lowest BCUT2D eigenvalue weighted by atomic mass is 10.2. The molecule has 0 aliphatic heterocycles. The third-order valence-electron chi connectivity index (χ3n) is 2.38. The van der Waals surface area contributed by atoms with Crippen molar-refractivity contribution in [3.05, 3.63) is 59.2 Å². The van der Waals surface area contributed by atoms with Crippen LogP contribution in [0.5, 0.6) is 0 Å². The lowest BCUT2D eigenvalue weighted by Gasteiger charge is -2.06. The van der Waals surface area contributed by atoms with E-state index in [0.717, 1.165) is 5.56 Å². The van der Waals surface area contributed by atoms with Gasteiger partial charge in [-0.1, -0.05) is 0 Å². The molecule has 1 amide bonds. The highest BCUT2D eigenvalue weighted by Crippen LogP contribution is 2.15. The lowest BCUT2D eigenvalue weighted by Crippen LogP contribution is -2.13. The molecule has 1 N–H and O–H groups in total. The molecule has 6 heteroatoms. The predicted octanol–water partition coefficient (Wildman–Crippen LogP) is 3.06. The van der Waals surface area contributed by atoms with E-state index >= 15 is 0 Å².